The van der Waals surface area contributed by atoms with E-state index in [2.05, 4.69) is 10.3 Å². The maximum absolute atomic E-state index is 13.2. The van der Waals surface area contributed by atoms with Crippen LogP contribution in [0.2, 0.25) is 10.0 Å². The molecule has 0 saturated carbocycles. The Kier molecular flexibility index (Phi) is 6.07. The number of carbonyl (C=O) groups is 1. The van der Waals surface area contributed by atoms with Crippen molar-refractivity contribution in [2.75, 3.05) is 16.2 Å². The molecule has 1 aliphatic heterocycles. The smallest absolute Gasteiger partial charge is 0.264 e. The van der Waals surface area contributed by atoms with Crippen molar-refractivity contribution in [1.29, 1.82) is 0 Å². The summed E-state index contributed by atoms with van der Waals surface area (Å²) in [4.78, 5) is 17.3. The third kappa shape index (κ3) is 4.30. The van der Waals surface area contributed by atoms with E-state index in [0.717, 1.165) is 5.56 Å². The topological polar surface area (TPSA) is 79.4 Å². The Labute approximate surface area is 210 Å². The van der Waals surface area contributed by atoms with E-state index in [0.29, 0.717) is 50.7 Å². The van der Waals surface area contributed by atoms with Gasteiger partial charge in [0.2, 0.25) is 0 Å². The first-order chi connectivity index (χ1) is 16.3. The normalized spacial score (nSPS) is 13.1. The first-order valence-electron chi connectivity index (χ1n) is 10.3. The molecule has 0 unspecified atom stereocenters. The van der Waals surface area contributed by atoms with E-state index in [-0.39, 0.29) is 4.90 Å². The van der Waals surface area contributed by atoms with E-state index in [1.165, 1.54) is 39.9 Å². The summed E-state index contributed by atoms with van der Waals surface area (Å²) in [5.74, 6) is -0.390. The summed E-state index contributed by atoms with van der Waals surface area (Å²) in [7, 11) is -3.72. The molecular weight excluding hydrogens is 513 g/mol. The van der Waals surface area contributed by atoms with E-state index in [1.807, 2.05) is 18.2 Å². The lowest BCUT2D eigenvalue weighted by atomic mass is 10.2. The van der Waals surface area contributed by atoms with Crippen LogP contribution in [-0.4, -0.2) is 25.9 Å². The molecule has 1 aromatic heterocycles. The minimum Gasteiger partial charge on any atom is -0.298 e. The van der Waals surface area contributed by atoms with Crippen molar-refractivity contribution < 1.29 is 13.2 Å². The van der Waals surface area contributed by atoms with Crippen molar-refractivity contribution in [3.8, 4) is 11.3 Å². The number of rotatable bonds is 5. The summed E-state index contributed by atoms with van der Waals surface area (Å²) in [6.07, 6.45) is 0.674. The molecular formula is C24H17Cl2N3O3S2. The van der Waals surface area contributed by atoms with Gasteiger partial charge in [-0.1, -0.05) is 41.4 Å². The second-order valence-electron chi connectivity index (χ2n) is 7.60. The highest BCUT2D eigenvalue weighted by atomic mass is 35.5. The van der Waals surface area contributed by atoms with Crippen LogP contribution in [0.3, 0.4) is 0 Å². The number of nitrogens with zero attached hydrogens (tertiary/aromatic N) is 2. The highest BCUT2D eigenvalue weighted by Crippen LogP contribution is 2.34. The number of anilines is 2. The Morgan fingerprint density at radius 1 is 1.03 bits per heavy atom. The molecule has 5 rings (SSSR count). The summed E-state index contributed by atoms with van der Waals surface area (Å²) in [5, 5.41) is 5.92. The summed E-state index contributed by atoms with van der Waals surface area (Å²) in [6.45, 7) is 0.397. The van der Waals surface area contributed by atoms with Crippen molar-refractivity contribution in [2.24, 2.45) is 0 Å². The van der Waals surface area contributed by atoms with Crippen LogP contribution in [-0.2, 0) is 16.4 Å². The monoisotopic (exact) mass is 529 g/mol. The first kappa shape index (κ1) is 22.9. The van der Waals surface area contributed by atoms with Gasteiger partial charge in [-0.25, -0.2) is 13.4 Å². The number of fused-ring (bicyclic) bond motifs is 1. The van der Waals surface area contributed by atoms with Gasteiger partial charge in [-0.3, -0.25) is 14.4 Å². The van der Waals surface area contributed by atoms with Crippen LogP contribution < -0.4 is 9.62 Å². The number of nitrogens with one attached hydrogen (secondary N) is 1. The molecule has 0 spiro atoms. The highest BCUT2D eigenvalue weighted by molar-refractivity contribution is 7.92. The average Bonchev–Trinajstić information content (AvgIpc) is 3.46. The van der Waals surface area contributed by atoms with Gasteiger partial charge in [0.25, 0.3) is 15.9 Å². The third-order valence-electron chi connectivity index (χ3n) is 5.48. The average molecular weight is 530 g/mol. The molecule has 34 heavy (non-hydrogen) atoms. The molecule has 0 bridgehead atoms. The standard InChI is InChI=1S/C24H17Cl2N3O3S2/c25-17-7-10-19(20(26)13-17)21-14-33-24(27-21)28-23(30)16-5-8-18(9-6-16)34(31,32)29-12-11-15-3-1-2-4-22(15)29/h1-10,13-14H,11-12H2,(H,27,28,30). The van der Waals surface area contributed by atoms with E-state index >= 15 is 0 Å². The third-order valence-corrected chi connectivity index (χ3v) is 8.61. The molecule has 3 aromatic carbocycles. The van der Waals surface area contributed by atoms with Gasteiger partial charge in [-0.15, -0.1) is 11.3 Å². The zero-order valence-corrected chi connectivity index (χ0v) is 20.7. The highest BCUT2D eigenvalue weighted by Gasteiger charge is 2.30. The lowest BCUT2D eigenvalue weighted by Crippen LogP contribution is -2.29. The molecule has 1 N–H and O–H groups in total. The van der Waals surface area contributed by atoms with Crippen molar-refractivity contribution in [1.82, 2.24) is 4.98 Å². The van der Waals surface area contributed by atoms with Crippen LogP contribution in [0.15, 0.2) is 77.0 Å². The summed E-state index contributed by atoms with van der Waals surface area (Å²) in [5.41, 5.74) is 3.35. The van der Waals surface area contributed by atoms with E-state index < -0.39 is 15.9 Å². The van der Waals surface area contributed by atoms with Crippen LogP contribution >= 0.6 is 34.5 Å². The van der Waals surface area contributed by atoms with Gasteiger partial charge in [0, 0.05) is 28.1 Å². The fourth-order valence-corrected chi connectivity index (χ4v) is 6.50. The number of benzene rings is 3. The van der Waals surface area contributed by atoms with Gasteiger partial charge in [0.05, 0.1) is 21.3 Å². The zero-order valence-electron chi connectivity index (χ0n) is 17.5. The minimum absolute atomic E-state index is 0.134. The number of carbonyl (C=O) groups excluding carboxylic acids is 1. The van der Waals surface area contributed by atoms with Gasteiger partial charge in [0.1, 0.15) is 0 Å². The molecule has 10 heteroatoms. The van der Waals surface area contributed by atoms with Crippen LogP contribution in [0.4, 0.5) is 10.8 Å². The second kappa shape index (κ2) is 9.03. The quantitative estimate of drug-likeness (QED) is 0.337. The summed E-state index contributed by atoms with van der Waals surface area (Å²) >= 11 is 13.4. The summed E-state index contributed by atoms with van der Waals surface area (Å²) in [6, 6.07) is 18.5. The maximum atomic E-state index is 13.2. The number of hydrogen-bond donors (Lipinski definition) is 1. The largest absolute Gasteiger partial charge is 0.298 e. The zero-order chi connectivity index (χ0) is 23.9. The predicted octanol–water partition coefficient (Wildman–Crippen LogP) is 6.12. The fourth-order valence-electron chi connectivity index (χ4n) is 3.78. The number of para-hydroxylation sites is 1. The minimum atomic E-state index is -3.72. The molecule has 2 heterocycles. The SMILES string of the molecule is O=C(Nc1nc(-c2ccc(Cl)cc2Cl)cs1)c1ccc(S(=O)(=O)N2CCc3ccccc32)cc1. The van der Waals surface area contributed by atoms with E-state index in [4.69, 9.17) is 23.2 Å². The van der Waals surface area contributed by atoms with Crippen LogP contribution in [0.25, 0.3) is 11.3 Å². The lowest BCUT2D eigenvalue weighted by molar-refractivity contribution is 0.102. The van der Waals surface area contributed by atoms with Gasteiger partial charge in [0.15, 0.2) is 5.13 Å². The molecule has 6 nitrogen and oxygen atoms in total. The number of thiazole rings is 1. The second-order valence-corrected chi connectivity index (χ2v) is 11.2. The molecule has 0 atom stereocenters. The summed E-state index contributed by atoms with van der Waals surface area (Å²) < 4.78 is 27.7. The number of aromatic nitrogens is 1. The fraction of sp³-hybridized carbons (Fsp3) is 0.0833. The molecule has 0 radical (unpaired) electrons. The molecule has 0 aliphatic carbocycles. The van der Waals surface area contributed by atoms with E-state index in [1.54, 1.807) is 29.6 Å². The van der Waals surface area contributed by atoms with Crippen LogP contribution in [0.5, 0.6) is 0 Å². The van der Waals surface area contributed by atoms with Gasteiger partial charge >= 0.3 is 0 Å². The Morgan fingerprint density at radius 3 is 2.56 bits per heavy atom. The number of halogens is 2. The molecule has 1 amide bonds. The van der Waals surface area contributed by atoms with Gasteiger partial charge in [-0.05, 0) is 60.5 Å². The maximum Gasteiger partial charge on any atom is 0.264 e. The van der Waals surface area contributed by atoms with Gasteiger partial charge in [-0.2, -0.15) is 0 Å². The first-order valence-corrected chi connectivity index (χ1v) is 13.3. The molecule has 0 fully saturated rings. The Hall–Kier alpha value is -2.91. The van der Waals surface area contributed by atoms with Crippen molar-refractivity contribution in [3.05, 3.63) is 93.3 Å². The van der Waals surface area contributed by atoms with E-state index in [9.17, 15) is 13.2 Å². The van der Waals surface area contributed by atoms with Crippen molar-refractivity contribution in [2.45, 2.75) is 11.3 Å². The Balaban J connectivity index is 1.32. The number of hydrogen-bond acceptors (Lipinski definition) is 5. The van der Waals surface area contributed by atoms with Crippen molar-refractivity contribution >= 4 is 61.3 Å². The Morgan fingerprint density at radius 2 is 1.79 bits per heavy atom. The number of sulfonamides is 1. The van der Waals surface area contributed by atoms with Crippen LogP contribution in [0.1, 0.15) is 15.9 Å². The molecule has 172 valence electrons. The Bertz CT molecular complexity index is 1500. The van der Waals surface area contributed by atoms with Gasteiger partial charge < -0.3 is 0 Å². The predicted molar refractivity (Wildman–Crippen MR) is 137 cm³/mol. The number of amides is 1. The molecule has 4 aromatic rings. The lowest BCUT2D eigenvalue weighted by Gasteiger charge is -2.19. The van der Waals surface area contributed by atoms with Crippen LogP contribution in [0, 0.1) is 0 Å². The molecule has 1 aliphatic rings. The molecule has 0 saturated heterocycles. The van der Waals surface area contributed by atoms with Crippen molar-refractivity contribution in [3.63, 3.8) is 0 Å².